The number of hydrogen-bond acceptors (Lipinski definition) is 3. The molecule has 1 amide bonds. The lowest BCUT2D eigenvalue weighted by atomic mass is 10.3. The van der Waals surface area contributed by atoms with E-state index in [1.165, 1.54) is 0 Å². The Morgan fingerprint density at radius 2 is 2.54 bits per heavy atom. The molecular weight excluding hydrogens is 190 g/mol. The minimum Gasteiger partial charge on any atom is -0.335 e. The lowest BCUT2D eigenvalue weighted by Gasteiger charge is -2.04. The molecule has 0 aliphatic carbocycles. The second-order valence-electron chi connectivity index (χ2n) is 2.94. The zero-order chi connectivity index (χ0) is 9.42. The third-order valence-corrected chi connectivity index (χ3v) is 2.24. The highest BCUT2D eigenvalue weighted by molar-refractivity contribution is 7.71. The predicted octanol–water partition coefficient (Wildman–Crippen LogP) is 0.457. The smallest absolute Gasteiger partial charge is 0.269 e. The van der Waals surface area contributed by atoms with E-state index in [4.69, 9.17) is 17.1 Å². The predicted molar refractivity (Wildman–Crippen MR) is 47.5 cm³/mol. The number of amides is 1. The van der Waals surface area contributed by atoms with Crippen molar-refractivity contribution in [2.45, 2.75) is 13.0 Å². The minimum atomic E-state index is -0.336. The molecule has 6 heteroatoms. The van der Waals surface area contributed by atoms with Gasteiger partial charge in [0.05, 0.1) is 0 Å². The van der Waals surface area contributed by atoms with Crippen LogP contribution in [0.25, 0.3) is 0 Å². The summed E-state index contributed by atoms with van der Waals surface area (Å²) in [6.07, 6.45) is 1.81. The summed E-state index contributed by atoms with van der Waals surface area (Å²) in [7, 11) is 0. The second-order valence-corrected chi connectivity index (χ2v) is 3.33. The fraction of sp³-hybridized carbons (Fsp3) is 0.429. The Labute approximate surface area is 79.7 Å². The second kappa shape index (κ2) is 2.97. The molecule has 1 aromatic rings. The van der Waals surface area contributed by atoms with Crippen molar-refractivity contribution in [3.63, 3.8) is 0 Å². The van der Waals surface area contributed by atoms with E-state index in [-0.39, 0.29) is 11.9 Å². The highest BCUT2D eigenvalue weighted by Crippen LogP contribution is 2.13. The van der Waals surface area contributed by atoms with Gasteiger partial charge < -0.3 is 9.55 Å². The molecule has 2 N–H and O–H groups in total. The summed E-state index contributed by atoms with van der Waals surface area (Å²) >= 11 is 5.03. The molecule has 0 saturated carbocycles. The van der Waals surface area contributed by atoms with Gasteiger partial charge in [0.15, 0.2) is 4.77 Å². The number of nitrogens with zero attached hydrogens (tertiary/aromatic N) is 1. The molecule has 0 radical (unpaired) electrons. The summed E-state index contributed by atoms with van der Waals surface area (Å²) in [4.78, 5) is 19.0. The average molecular weight is 199 g/mol. The van der Waals surface area contributed by atoms with Gasteiger partial charge in [0.25, 0.3) is 5.91 Å². The number of imidazole rings is 1. The number of hydroxylamine groups is 1. The molecule has 0 aromatic carbocycles. The van der Waals surface area contributed by atoms with Crippen LogP contribution in [0.15, 0.2) is 6.20 Å². The van der Waals surface area contributed by atoms with Crippen molar-refractivity contribution in [1.82, 2.24) is 15.0 Å². The van der Waals surface area contributed by atoms with Gasteiger partial charge in [-0.05, 0) is 19.1 Å². The number of rotatable bonds is 1. The Bertz CT molecular complexity index is 395. The van der Waals surface area contributed by atoms with Crippen LogP contribution in [0.3, 0.4) is 0 Å². The number of hydrogen-bond donors (Lipinski definition) is 2. The van der Waals surface area contributed by atoms with E-state index < -0.39 is 0 Å². The van der Waals surface area contributed by atoms with Crippen molar-refractivity contribution in [3.8, 4) is 0 Å². The number of aromatic amines is 1. The first-order valence-electron chi connectivity index (χ1n) is 3.88. The van der Waals surface area contributed by atoms with Gasteiger partial charge in [0, 0.05) is 11.9 Å². The summed E-state index contributed by atoms with van der Waals surface area (Å²) in [5, 5.41) is 0. The van der Waals surface area contributed by atoms with Gasteiger partial charge in [-0.2, -0.15) is 0 Å². The molecule has 70 valence electrons. The molecule has 1 aliphatic heterocycles. The van der Waals surface area contributed by atoms with Crippen molar-refractivity contribution in [1.29, 1.82) is 0 Å². The Hall–Kier alpha value is -1.14. The van der Waals surface area contributed by atoms with E-state index in [0.29, 0.717) is 11.4 Å². The molecule has 1 fully saturated rings. The van der Waals surface area contributed by atoms with E-state index in [1.807, 2.05) is 6.92 Å². The minimum absolute atomic E-state index is 0.157. The molecule has 1 atom stereocenters. The van der Waals surface area contributed by atoms with Crippen LogP contribution in [0.2, 0.25) is 0 Å². The monoisotopic (exact) mass is 199 g/mol. The molecule has 1 saturated heterocycles. The summed E-state index contributed by atoms with van der Waals surface area (Å²) < 4.78 is 2.25. The first-order chi connectivity index (χ1) is 6.18. The molecule has 0 bridgehead atoms. The summed E-state index contributed by atoms with van der Waals surface area (Å²) in [6.45, 7) is 2.21. The van der Waals surface area contributed by atoms with Crippen LogP contribution < -0.4 is 5.48 Å². The van der Waals surface area contributed by atoms with E-state index in [0.717, 1.165) is 5.69 Å². The van der Waals surface area contributed by atoms with Crippen molar-refractivity contribution in [3.05, 3.63) is 16.7 Å². The van der Waals surface area contributed by atoms with Crippen molar-refractivity contribution in [2.75, 3.05) is 6.61 Å². The Morgan fingerprint density at radius 1 is 1.77 bits per heavy atom. The van der Waals surface area contributed by atoms with Gasteiger partial charge in [0.1, 0.15) is 12.6 Å². The van der Waals surface area contributed by atoms with Crippen LogP contribution >= 0.6 is 12.2 Å². The van der Waals surface area contributed by atoms with Crippen LogP contribution in [-0.2, 0) is 9.63 Å². The van der Waals surface area contributed by atoms with E-state index >= 15 is 0 Å². The van der Waals surface area contributed by atoms with Crippen LogP contribution in [-0.4, -0.2) is 22.1 Å². The first kappa shape index (κ1) is 8.46. The lowest BCUT2D eigenvalue weighted by molar-refractivity contribution is -0.125. The van der Waals surface area contributed by atoms with Gasteiger partial charge in [-0.25, -0.2) is 5.48 Å². The van der Waals surface area contributed by atoms with E-state index in [2.05, 4.69) is 10.5 Å². The highest BCUT2D eigenvalue weighted by Gasteiger charge is 2.27. The molecule has 5 nitrogen and oxygen atoms in total. The highest BCUT2D eigenvalue weighted by atomic mass is 32.1. The van der Waals surface area contributed by atoms with Gasteiger partial charge in [0.2, 0.25) is 0 Å². The Morgan fingerprint density at radius 3 is 3.00 bits per heavy atom. The Balaban J connectivity index is 2.39. The van der Waals surface area contributed by atoms with Gasteiger partial charge in [-0.3, -0.25) is 9.63 Å². The zero-order valence-electron chi connectivity index (χ0n) is 7.03. The van der Waals surface area contributed by atoms with Crippen LogP contribution in [0.5, 0.6) is 0 Å². The maximum atomic E-state index is 11.2. The van der Waals surface area contributed by atoms with Crippen molar-refractivity contribution >= 4 is 18.1 Å². The summed E-state index contributed by atoms with van der Waals surface area (Å²) in [6, 6.07) is -0.336. The third kappa shape index (κ3) is 1.38. The number of nitrogens with one attached hydrogen (secondary N) is 2. The average Bonchev–Trinajstić information content (AvgIpc) is 2.58. The topological polar surface area (TPSA) is 59.0 Å². The first-order valence-corrected chi connectivity index (χ1v) is 4.28. The van der Waals surface area contributed by atoms with Crippen LogP contribution in [0.4, 0.5) is 0 Å². The number of H-pyrrole nitrogens is 1. The van der Waals surface area contributed by atoms with Crippen molar-refractivity contribution in [2.24, 2.45) is 0 Å². The number of carbonyl (C=O) groups is 1. The fourth-order valence-electron chi connectivity index (χ4n) is 1.31. The molecule has 0 spiro atoms. The zero-order valence-corrected chi connectivity index (χ0v) is 7.85. The fourth-order valence-corrected chi connectivity index (χ4v) is 1.65. The summed E-state index contributed by atoms with van der Waals surface area (Å²) in [5.74, 6) is -0.157. The maximum Gasteiger partial charge on any atom is 0.269 e. The largest absolute Gasteiger partial charge is 0.335 e. The molecule has 1 unspecified atom stereocenters. The standard InChI is InChI=1S/C7H9N3O2S/c1-4-2-10(7(13)8-4)5-3-12-9-6(5)11/h2,5H,3H2,1H3,(H,8,13)(H,9,11). The summed E-state index contributed by atoms with van der Waals surface area (Å²) in [5.41, 5.74) is 3.22. The molecule has 1 aliphatic rings. The van der Waals surface area contributed by atoms with Crippen LogP contribution in [0.1, 0.15) is 11.7 Å². The van der Waals surface area contributed by atoms with Crippen molar-refractivity contribution < 1.29 is 9.63 Å². The molecule has 13 heavy (non-hydrogen) atoms. The molecule has 2 rings (SSSR count). The van der Waals surface area contributed by atoms with E-state index in [1.54, 1.807) is 10.8 Å². The third-order valence-electron chi connectivity index (χ3n) is 1.92. The Kier molecular flexibility index (Phi) is 1.93. The van der Waals surface area contributed by atoms with Crippen LogP contribution in [0, 0.1) is 11.7 Å². The van der Waals surface area contributed by atoms with Gasteiger partial charge in [-0.1, -0.05) is 0 Å². The van der Waals surface area contributed by atoms with Gasteiger partial charge >= 0.3 is 0 Å². The molecular formula is C7H9N3O2S. The number of aryl methyl sites for hydroxylation is 1. The number of carbonyl (C=O) groups excluding carboxylic acids is 1. The normalized spacial score (nSPS) is 21.9. The van der Waals surface area contributed by atoms with Gasteiger partial charge in [-0.15, -0.1) is 0 Å². The quantitative estimate of drug-likeness (QED) is 0.646. The molecule has 2 heterocycles. The maximum absolute atomic E-state index is 11.2. The SMILES string of the molecule is Cc1cn(C2CONC2=O)c(=S)[nH]1. The molecule has 1 aromatic heterocycles. The van der Waals surface area contributed by atoms with E-state index in [9.17, 15) is 4.79 Å². The number of aromatic nitrogens is 2. The lowest BCUT2D eigenvalue weighted by Crippen LogP contribution is -2.21.